The van der Waals surface area contributed by atoms with Gasteiger partial charge in [-0.3, -0.25) is 0 Å². The van der Waals surface area contributed by atoms with Gasteiger partial charge in [0.25, 0.3) is 0 Å². The molecule has 0 amide bonds. The molecule has 0 atom stereocenters. The maximum absolute atomic E-state index is 10.6. The Labute approximate surface area is 99.7 Å². The SMILES string of the molecule is O=C([O-])c1ccc(C(=O)O)c(C(=O)[O-])c1.[Co+2]. The second kappa shape index (κ2) is 5.28. The number of carboxylic acids is 3. The first-order valence-electron chi connectivity index (χ1n) is 3.73. The summed E-state index contributed by atoms with van der Waals surface area (Å²) >= 11 is 0. The molecular formula is C9H4CoO6. The molecule has 0 spiro atoms. The Morgan fingerprint density at radius 2 is 1.56 bits per heavy atom. The van der Waals surface area contributed by atoms with Crippen molar-refractivity contribution in [3.63, 3.8) is 0 Å². The third-order valence-corrected chi connectivity index (χ3v) is 1.71. The van der Waals surface area contributed by atoms with Crippen molar-refractivity contribution in [2.24, 2.45) is 0 Å². The molecule has 1 aromatic rings. The van der Waals surface area contributed by atoms with Crippen LogP contribution in [0.3, 0.4) is 0 Å². The third kappa shape index (κ3) is 2.81. The summed E-state index contributed by atoms with van der Waals surface area (Å²) in [4.78, 5) is 31.5. The number of hydrogen-bond donors (Lipinski definition) is 1. The van der Waals surface area contributed by atoms with E-state index in [4.69, 9.17) is 5.11 Å². The van der Waals surface area contributed by atoms with Crippen LogP contribution in [0.4, 0.5) is 0 Å². The topological polar surface area (TPSA) is 118 Å². The zero-order chi connectivity index (χ0) is 11.6. The van der Waals surface area contributed by atoms with Crippen molar-refractivity contribution in [2.75, 3.05) is 0 Å². The Hall–Kier alpha value is -1.86. The molecule has 1 rings (SSSR count). The molecule has 0 aliphatic heterocycles. The van der Waals surface area contributed by atoms with Gasteiger partial charge in [-0.1, -0.05) is 6.07 Å². The maximum Gasteiger partial charge on any atom is 2.00 e. The Kier molecular flexibility index (Phi) is 4.67. The zero-order valence-corrected chi connectivity index (χ0v) is 8.59. The van der Waals surface area contributed by atoms with E-state index in [9.17, 15) is 24.6 Å². The van der Waals surface area contributed by atoms with Crippen molar-refractivity contribution in [1.29, 1.82) is 0 Å². The predicted molar refractivity (Wildman–Crippen MR) is 42.1 cm³/mol. The van der Waals surface area contributed by atoms with Crippen molar-refractivity contribution in [3.05, 3.63) is 34.9 Å². The minimum atomic E-state index is -1.75. The van der Waals surface area contributed by atoms with E-state index in [1.807, 2.05) is 0 Å². The smallest absolute Gasteiger partial charge is 0.545 e. The van der Waals surface area contributed by atoms with Crippen LogP contribution in [0.15, 0.2) is 18.2 Å². The summed E-state index contributed by atoms with van der Waals surface area (Å²) in [7, 11) is 0. The van der Waals surface area contributed by atoms with Crippen LogP contribution in [-0.2, 0) is 16.8 Å². The Bertz CT molecular complexity index is 453. The average molecular weight is 267 g/mol. The molecule has 0 heterocycles. The molecule has 7 heteroatoms. The van der Waals surface area contributed by atoms with E-state index in [1.165, 1.54) is 0 Å². The first kappa shape index (κ1) is 14.1. The van der Waals surface area contributed by atoms with Crippen LogP contribution in [0.5, 0.6) is 0 Å². The fourth-order valence-corrected chi connectivity index (χ4v) is 1.03. The van der Waals surface area contributed by atoms with E-state index in [1.54, 1.807) is 0 Å². The summed E-state index contributed by atoms with van der Waals surface area (Å²) in [6, 6.07) is 2.51. The molecule has 0 saturated carbocycles. The van der Waals surface area contributed by atoms with Gasteiger partial charge in [-0.2, -0.15) is 0 Å². The van der Waals surface area contributed by atoms with Gasteiger partial charge in [0.2, 0.25) is 0 Å². The maximum atomic E-state index is 10.6. The summed E-state index contributed by atoms with van der Waals surface area (Å²) in [5, 5.41) is 29.5. The Morgan fingerprint density at radius 3 is 1.94 bits per heavy atom. The van der Waals surface area contributed by atoms with Crippen molar-refractivity contribution < 1.29 is 46.5 Å². The number of carboxylic acid groups (broad SMARTS) is 3. The molecule has 6 nitrogen and oxygen atoms in total. The predicted octanol–water partition coefficient (Wildman–Crippen LogP) is -1.89. The quantitative estimate of drug-likeness (QED) is 0.684. The van der Waals surface area contributed by atoms with Crippen LogP contribution in [-0.4, -0.2) is 23.0 Å². The fraction of sp³-hybridized carbons (Fsp3) is 0. The van der Waals surface area contributed by atoms with Crippen molar-refractivity contribution in [1.82, 2.24) is 0 Å². The van der Waals surface area contributed by atoms with Crippen LogP contribution in [0.25, 0.3) is 0 Å². The van der Waals surface area contributed by atoms with E-state index in [-0.39, 0.29) is 16.8 Å². The number of benzene rings is 1. The first-order valence-corrected chi connectivity index (χ1v) is 3.73. The van der Waals surface area contributed by atoms with Crippen molar-refractivity contribution in [3.8, 4) is 0 Å². The van der Waals surface area contributed by atoms with Gasteiger partial charge in [0.05, 0.1) is 17.5 Å². The normalized spacial score (nSPS) is 9.00. The summed E-state index contributed by atoms with van der Waals surface area (Å²) in [5.41, 5.74) is -1.64. The van der Waals surface area contributed by atoms with Crippen LogP contribution < -0.4 is 10.2 Å². The Balaban J connectivity index is 0.00000225. The zero-order valence-electron chi connectivity index (χ0n) is 7.55. The molecular weight excluding hydrogens is 263 g/mol. The van der Waals surface area contributed by atoms with Gasteiger partial charge in [0.1, 0.15) is 0 Å². The number of carbonyl (C=O) groups is 3. The van der Waals surface area contributed by atoms with Gasteiger partial charge in [-0.05, 0) is 17.7 Å². The molecule has 1 radical (unpaired) electrons. The second-order valence-electron chi connectivity index (χ2n) is 2.64. The molecule has 0 aliphatic carbocycles. The van der Waals surface area contributed by atoms with Gasteiger partial charge in [-0.25, -0.2) is 4.79 Å². The molecule has 0 bridgehead atoms. The van der Waals surface area contributed by atoms with Gasteiger partial charge in [0.15, 0.2) is 0 Å². The second-order valence-corrected chi connectivity index (χ2v) is 2.64. The van der Waals surface area contributed by atoms with Crippen LogP contribution >= 0.6 is 0 Å². The number of aromatic carboxylic acids is 3. The minimum Gasteiger partial charge on any atom is -0.545 e. The number of carbonyl (C=O) groups excluding carboxylic acids is 2. The van der Waals surface area contributed by atoms with Crippen molar-refractivity contribution >= 4 is 17.9 Å². The van der Waals surface area contributed by atoms with Gasteiger partial charge >= 0.3 is 22.7 Å². The van der Waals surface area contributed by atoms with E-state index < -0.39 is 34.6 Å². The van der Waals surface area contributed by atoms with Crippen molar-refractivity contribution in [2.45, 2.75) is 0 Å². The minimum absolute atomic E-state index is 0. The molecule has 1 aromatic carbocycles. The van der Waals surface area contributed by atoms with Gasteiger partial charge in [0, 0.05) is 5.56 Å². The van der Waals surface area contributed by atoms with E-state index in [2.05, 4.69) is 0 Å². The van der Waals surface area contributed by atoms with E-state index in [0.717, 1.165) is 12.1 Å². The van der Waals surface area contributed by atoms with Crippen LogP contribution in [0, 0.1) is 0 Å². The summed E-state index contributed by atoms with van der Waals surface area (Å²) < 4.78 is 0. The standard InChI is InChI=1S/C9H6O6.Co/c10-7(11)4-1-2-5(8(12)13)6(3-4)9(14)15;/h1-3H,(H,10,11)(H,12,13)(H,14,15);/q;+2/p-2. The molecule has 0 saturated heterocycles. The molecule has 85 valence electrons. The fourth-order valence-electron chi connectivity index (χ4n) is 1.03. The summed E-state index contributed by atoms with van der Waals surface area (Å²) in [6.07, 6.45) is 0. The van der Waals surface area contributed by atoms with E-state index >= 15 is 0 Å². The molecule has 0 aliphatic rings. The largest absolute Gasteiger partial charge is 2.00 e. The van der Waals surface area contributed by atoms with Gasteiger partial charge in [-0.15, -0.1) is 0 Å². The monoisotopic (exact) mass is 267 g/mol. The van der Waals surface area contributed by atoms with E-state index in [0.29, 0.717) is 6.07 Å². The van der Waals surface area contributed by atoms with Crippen LogP contribution in [0.1, 0.15) is 31.1 Å². The molecule has 1 N–H and O–H groups in total. The number of hydrogen-bond acceptors (Lipinski definition) is 5. The third-order valence-electron chi connectivity index (χ3n) is 1.71. The number of rotatable bonds is 3. The van der Waals surface area contributed by atoms with Crippen LogP contribution in [0.2, 0.25) is 0 Å². The molecule has 16 heavy (non-hydrogen) atoms. The molecule has 0 aromatic heterocycles. The Morgan fingerprint density at radius 1 is 1.00 bits per heavy atom. The average Bonchev–Trinajstić information content (AvgIpc) is 2.16. The first-order chi connectivity index (χ1) is 6.93. The summed E-state index contributed by atoms with van der Waals surface area (Å²) in [6.45, 7) is 0. The summed E-state index contributed by atoms with van der Waals surface area (Å²) in [5.74, 6) is -4.82. The molecule has 0 unspecified atom stereocenters. The molecule has 0 fully saturated rings. The van der Waals surface area contributed by atoms with Gasteiger partial charge < -0.3 is 24.9 Å².